The van der Waals surface area contributed by atoms with Gasteiger partial charge in [-0.25, -0.2) is 0 Å². The molecule has 0 saturated heterocycles. The van der Waals surface area contributed by atoms with Gasteiger partial charge in [0.15, 0.2) is 0 Å². The Bertz CT molecular complexity index is 610. The summed E-state index contributed by atoms with van der Waals surface area (Å²) in [6.07, 6.45) is 9.37. The van der Waals surface area contributed by atoms with E-state index in [1.165, 1.54) is 42.4 Å². The summed E-state index contributed by atoms with van der Waals surface area (Å²) < 4.78 is 0. The Labute approximate surface area is 141 Å². The number of allylic oxidation sites excluding steroid dienone is 1. The summed E-state index contributed by atoms with van der Waals surface area (Å²) in [6, 6.07) is 18.5. The molecule has 3 rings (SSSR count). The molecule has 0 bridgehead atoms. The molecule has 0 aromatic heterocycles. The first kappa shape index (κ1) is 16.1. The van der Waals surface area contributed by atoms with Crippen molar-refractivity contribution in [2.24, 2.45) is 0 Å². The van der Waals surface area contributed by atoms with Crippen molar-refractivity contribution < 1.29 is 0 Å². The molecule has 0 radical (unpaired) electrons. The van der Waals surface area contributed by atoms with Crippen molar-refractivity contribution in [3.05, 3.63) is 83.4 Å². The predicted octanol–water partition coefficient (Wildman–Crippen LogP) is 6.42. The van der Waals surface area contributed by atoms with Crippen molar-refractivity contribution in [1.29, 1.82) is 0 Å². The zero-order valence-electron chi connectivity index (χ0n) is 14.3. The lowest BCUT2D eigenvalue weighted by atomic mass is 9.76. The van der Waals surface area contributed by atoms with Gasteiger partial charge in [-0.3, -0.25) is 0 Å². The number of aryl methyl sites for hydroxylation is 1. The fourth-order valence-electron chi connectivity index (χ4n) is 3.88. The van der Waals surface area contributed by atoms with E-state index in [1.54, 1.807) is 5.56 Å². The number of hydrogen-bond acceptors (Lipinski definition) is 0. The van der Waals surface area contributed by atoms with Crippen LogP contribution in [-0.2, 0) is 12.8 Å². The first-order valence-electron chi connectivity index (χ1n) is 9.08. The second kappa shape index (κ2) is 7.64. The van der Waals surface area contributed by atoms with Gasteiger partial charge < -0.3 is 0 Å². The van der Waals surface area contributed by atoms with E-state index in [0.717, 1.165) is 24.7 Å². The van der Waals surface area contributed by atoms with Gasteiger partial charge in [-0.2, -0.15) is 0 Å². The third kappa shape index (κ3) is 3.93. The second-order valence-electron chi connectivity index (χ2n) is 6.88. The molecule has 1 fully saturated rings. The topological polar surface area (TPSA) is 0 Å². The molecule has 0 aliphatic heterocycles. The van der Waals surface area contributed by atoms with E-state index in [4.69, 9.17) is 0 Å². The minimum absolute atomic E-state index is 0.749. The standard InChI is InChI=1S/C23H28/c1-3-5-19-8-12-21(13-9-19)23-16-14-22(15-17-23)20-10-6-18(4-2)7-11-20/h3,6-13,22-23H,1,4-5,14-17H2,2H3. The molecule has 0 spiro atoms. The SMILES string of the molecule is C=CCc1ccc(C2CCC(c3ccc(CC)cc3)CC2)cc1. The van der Waals surface area contributed by atoms with Gasteiger partial charge in [0.2, 0.25) is 0 Å². The largest absolute Gasteiger partial charge is 0.103 e. The van der Waals surface area contributed by atoms with Crippen molar-refractivity contribution in [3.8, 4) is 0 Å². The van der Waals surface area contributed by atoms with E-state index in [9.17, 15) is 0 Å². The number of rotatable bonds is 5. The predicted molar refractivity (Wildman–Crippen MR) is 100 cm³/mol. The van der Waals surface area contributed by atoms with Crippen LogP contribution in [0.3, 0.4) is 0 Å². The maximum atomic E-state index is 3.82. The number of hydrogen-bond donors (Lipinski definition) is 0. The van der Waals surface area contributed by atoms with Crippen LogP contribution in [0.2, 0.25) is 0 Å². The Kier molecular flexibility index (Phi) is 5.33. The zero-order valence-corrected chi connectivity index (χ0v) is 14.3. The maximum absolute atomic E-state index is 3.82. The first-order valence-corrected chi connectivity index (χ1v) is 9.08. The van der Waals surface area contributed by atoms with Crippen molar-refractivity contribution in [2.75, 3.05) is 0 Å². The normalized spacial score (nSPS) is 21.1. The van der Waals surface area contributed by atoms with Crippen LogP contribution in [0.1, 0.15) is 66.7 Å². The van der Waals surface area contributed by atoms with Crippen molar-refractivity contribution in [2.45, 2.75) is 57.3 Å². The van der Waals surface area contributed by atoms with Gasteiger partial charge >= 0.3 is 0 Å². The van der Waals surface area contributed by atoms with E-state index in [-0.39, 0.29) is 0 Å². The van der Waals surface area contributed by atoms with E-state index >= 15 is 0 Å². The molecular formula is C23H28. The summed E-state index contributed by atoms with van der Waals surface area (Å²) in [5.74, 6) is 1.51. The van der Waals surface area contributed by atoms with Crippen LogP contribution >= 0.6 is 0 Å². The van der Waals surface area contributed by atoms with E-state index in [0.29, 0.717) is 0 Å². The molecule has 0 atom stereocenters. The van der Waals surface area contributed by atoms with E-state index < -0.39 is 0 Å². The quantitative estimate of drug-likeness (QED) is 0.559. The molecule has 2 aromatic rings. The molecule has 0 amide bonds. The minimum atomic E-state index is 0.749. The molecule has 0 N–H and O–H groups in total. The molecule has 0 unspecified atom stereocenters. The summed E-state index contributed by atoms with van der Waals surface area (Å²) in [6.45, 7) is 6.04. The summed E-state index contributed by atoms with van der Waals surface area (Å²) in [5, 5.41) is 0. The Balaban J connectivity index is 1.59. The van der Waals surface area contributed by atoms with E-state index in [1.807, 2.05) is 6.08 Å². The van der Waals surface area contributed by atoms with Gasteiger partial charge in [-0.05, 0) is 72.6 Å². The number of benzene rings is 2. The average molecular weight is 304 g/mol. The summed E-state index contributed by atoms with van der Waals surface area (Å²) in [4.78, 5) is 0. The third-order valence-electron chi connectivity index (χ3n) is 5.42. The Hall–Kier alpha value is -1.82. The molecule has 2 aromatic carbocycles. The van der Waals surface area contributed by atoms with Gasteiger partial charge in [0, 0.05) is 0 Å². The summed E-state index contributed by atoms with van der Waals surface area (Å²) >= 11 is 0. The van der Waals surface area contributed by atoms with Crippen LogP contribution in [0.5, 0.6) is 0 Å². The van der Waals surface area contributed by atoms with Crippen LogP contribution in [0.15, 0.2) is 61.2 Å². The molecule has 1 aliphatic rings. The lowest BCUT2D eigenvalue weighted by Crippen LogP contribution is -2.12. The highest BCUT2D eigenvalue weighted by molar-refractivity contribution is 5.29. The Morgan fingerprint density at radius 1 is 0.783 bits per heavy atom. The highest BCUT2D eigenvalue weighted by Gasteiger charge is 2.23. The fourth-order valence-corrected chi connectivity index (χ4v) is 3.88. The van der Waals surface area contributed by atoms with Gasteiger partial charge in [0.05, 0.1) is 0 Å². The highest BCUT2D eigenvalue weighted by atomic mass is 14.3. The van der Waals surface area contributed by atoms with Crippen LogP contribution in [0, 0.1) is 0 Å². The van der Waals surface area contributed by atoms with Crippen LogP contribution < -0.4 is 0 Å². The molecule has 0 heteroatoms. The lowest BCUT2D eigenvalue weighted by Gasteiger charge is -2.29. The smallest absolute Gasteiger partial charge is 0.0100 e. The van der Waals surface area contributed by atoms with Gasteiger partial charge in [-0.15, -0.1) is 6.58 Å². The first-order chi connectivity index (χ1) is 11.3. The van der Waals surface area contributed by atoms with Gasteiger partial charge in [-0.1, -0.05) is 61.5 Å². The average Bonchev–Trinajstić information content (AvgIpc) is 2.63. The monoisotopic (exact) mass is 304 g/mol. The van der Waals surface area contributed by atoms with Crippen LogP contribution in [0.4, 0.5) is 0 Å². The van der Waals surface area contributed by atoms with Gasteiger partial charge in [0.1, 0.15) is 0 Å². The molecule has 1 saturated carbocycles. The lowest BCUT2D eigenvalue weighted by molar-refractivity contribution is 0.396. The highest BCUT2D eigenvalue weighted by Crippen LogP contribution is 2.40. The fraction of sp³-hybridized carbons (Fsp3) is 0.391. The molecule has 120 valence electrons. The summed E-state index contributed by atoms with van der Waals surface area (Å²) in [7, 11) is 0. The Morgan fingerprint density at radius 3 is 1.61 bits per heavy atom. The molecule has 1 aliphatic carbocycles. The van der Waals surface area contributed by atoms with E-state index in [2.05, 4.69) is 62.0 Å². The molecule has 0 nitrogen and oxygen atoms in total. The van der Waals surface area contributed by atoms with Crippen LogP contribution in [0.25, 0.3) is 0 Å². The van der Waals surface area contributed by atoms with Crippen LogP contribution in [-0.4, -0.2) is 0 Å². The minimum Gasteiger partial charge on any atom is -0.103 e. The summed E-state index contributed by atoms with van der Waals surface area (Å²) in [5.41, 5.74) is 5.88. The molecular weight excluding hydrogens is 276 g/mol. The Morgan fingerprint density at radius 2 is 1.22 bits per heavy atom. The third-order valence-corrected chi connectivity index (χ3v) is 5.42. The van der Waals surface area contributed by atoms with Crippen molar-refractivity contribution in [3.63, 3.8) is 0 Å². The zero-order chi connectivity index (χ0) is 16.1. The van der Waals surface area contributed by atoms with Gasteiger partial charge in [0.25, 0.3) is 0 Å². The second-order valence-corrected chi connectivity index (χ2v) is 6.88. The maximum Gasteiger partial charge on any atom is -0.0100 e. The molecule has 0 heterocycles. The van der Waals surface area contributed by atoms with Crippen molar-refractivity contribution >= 4 is 0 Å². The molecule has 23 heavy (non-hydrogen) atoms. The van der Waals surface area contributed by atoms with Crippen molar-refractivity contribution in [1.82, 2.24) is 0 Å².